The molecule has 1 aliphatic heterocycles. The molecule has 0 aromatic heterocycles. The molecule has 0 radical (unpaired) electrons. The molecule has 1 aliphatic rings. The third kappa shape index (κ3) is 4.61. The van der Waals surface area contributed by atoms with Gasteiger partial charge in [-0.1, -0.05) is 26.8 Å². The summed E-state index contributed by atoms with van der Waals surface area (Å²) >= 11 is 0. The molecule has 4 heteroatoms. The standard InChI is InChI=1S/C17H28N2O2/c1-4-19(13-17(2,3)12-18)11-14-6-7-15-16(10-14)21-9-5-8-20-15/h6-7,10H,4-5,8-9,11-13,18H2,1-3H3. The van der Waals surface area contributed by atoms with Gasteiger partial charge in [0, 0.05) is 19.5 Å². The fraction of sp³-hybridized carbons (Fsp3) is 0.647. The van der Waals surface area contributed by atoms with E-state index in [2.05, 4.69) is 37.8 Å². The van der Waals surface area contributed by atoms with Crippen molar-refractivity contribution < 1.29 is 9.47 Å². The summed E-state index contributed by atoms with van der Waals surface area (Å²) in [5.41, 5.74) is 7.25. The topological polar surface area (TPSA) is 47.7 Å². The van der Waals surface area contributed by atoms with E-state index in [0.717, 1.165) is 50.8 Å². The molecule has 118 valence electrons. The van der Waals surface area contributed by atoms with Crippen LogP contribution < -0.4 is 15.2 Å². The van der Waals surface area contributed by atoms with Crippen LogP contribution in [-0.4, -0.2) is 37.7 Å². The lowest BCUT2D eigenvalue weighted by atomic mass is 9.93. The number of benzene rings is 1. The highest BCUT2D eigenvalue weighted by molar-refractivity contribution is 5.43. The van der Waals surface area contributed by atoms with Gasteiger partial charge in [-0.25, -0.2) is 0 Å². The monoisotopic (exact) mass is 292 g/mol. The summed E-state index contributed by atoms with van der Waals surface area (Å²) in [5, 5.41) is 0. The van der Waals surface area contributed by atoms with Crippen molar-refractivity contribution in [1.82, 2.24) is 4.90 Å². The molecule has 0 bridgehead atoms. The molecule has 4 nitrogen and oxygen atoms in total. The van der Waals surface area contributed by atoms with Crippen molar-refractivity contribution in [1.29, 1.82) is 0 Å². The maximum atomic E-state index is 5.85. The van der Waals surface area contributed by atoms with E-state index in [1.54, 1.807) is 0 Å². The van der Waals surface area contributed by atoms with E-state index >= 15 is 0 Å². The molecule has 1 aromatic carbocycles. The lowest BCUT2D eigenvalue weighted by molar-refractivity contribution is 0.183. The van der Waals surface area contributed by atoms with Crippen LogP contribution in [-0.2, 0) is 6.54 Å². The first kappa shape index (κ1) is 16.1. The van der Waals surface area contributed by atoms with Crippen LogP contribution in [0.1, 0.15) is 32.8 Å². The Morgan fingerprint density at radius 3 is 2.57 bits per heavy atom. The average Bonchev–Trinajstić information content (AvgIpc) is 2.71. The van der Waals surface area contributed by atoms with E-state index < -0.39 is 0 Å². The molecule has 2 N–H and O–H groups in total. The van der Waals surface area contributed by atoms with Crippen LogP contribution in [0, 0.1) is 5.41 Å². The van der Waals surface area contributed by atoms with Crippen LogP contribution >= 0.6 is 0 Å². The maximum Gasteiger partial charge on any atom is 0.161 e. The molecule has 1 heterocycles. The van der Waals surface area contributed by atoms with E-state index in [1.165, 1.54) is 5.56 Å². The fourth-order valence-electron chi connectivity index (χ4n) is 2.51. The Kier molecular flexibility index (Phi) is 5.48. The zero-order chi connectivity index (χ0) is 15.3. The third-order valence-corrected chi connectivity index (χ3v) is 3.87. The minimum atomic E-state index is 0.140. The van der Waals surface area contributed by atoms with Crippen LogP contribution in [0.15, 0.2) is 18.2 Å². The molecule has 1 aromatic rings. The van der Waals surface area contributed by atoms with Crippen molar-refractivity contribution in [3.05, 3.63) is 23.8 Å². The number of fused-ring (bicyclic) bond motifs is 1. The minimum Gasteiger partial charge on any atom is -0.490 e. The molecule has 2 rings (SSSR count). The predicted molar refractivity (Wildman–Crippen MR) is 85.8 cm³/mol. The lowest BCUT2D eigenvalue weighted by Crippen LogP contribution is -2.38. The van der Waals surface area contributed by atoms with Crippen LogP contribution in [0.25, 0.3) is 0 Å². The fourth-order valence-corrected chi connectivity index (χ4v) is 2.51. The summed E-state index contributed by atoms with van der Waals surface area (Å²) < 4.78 is 11.4. The second-order valence-corrected chi connectivity index (χ2v) is 6.50. The van der Waals surface area contributed by atoms with Crippen molar-refractivity contribution in [2.75, 3.05) is 32.8 Å². The Bertz CT molecular complexity index is 460. The molecule has 21 heavy (non-hydrogen) atoms. The number of hydrogen-bond acceptors (Lipinski definition) is 4. The number of rotatable bonds is 6. The van der Waals surface area contributed by atoms with Crippen LogP contribution in [0.3, 0.4) is 0 Å². The maximum absolute atomic E-state index is 5.85. The van der Waals surface area contributed by atoms with Crippen molar-refractivity contribution in [3.63, 3.8) is 0 Å². The van der Waals surface area contributed by atoms with Gasteiger partial charge < -0.3 is 15.2 Å². The van der Waals surface area contributed by atoms with Crippen molar-refractivity contribution >= 4 is 0 Å². The molecule has 0 unspecified atom stereocenters. The predicted octanol–water partition coefficient (Wildman–Crippen LogP) is 2.65. The summed E-state index contributed by atoms with van der Waals surface area (Å²) in [6, 6.07) is 6.27. The van der Waals surface area contributed by atoms with Gasteiger partial charge in [-0.15, -0.1) is 0 Å². The van der Waals surface area contributed by atoms with Gasteiger partial charge in [0.05, 0.1) is 13.2 Å². The lowest BCUT2D eigenvalue weighted by Gasteiger charge is -2.31. The van der Waals surface area contributed by atoms with Gasteiger partial charge in [0.2, 0.25) is 0 Å². The average molecular weight is 292 g/mol. The highest BCUT2D eigenvalue weighted by Gasteiger charge is 2.20. The summed E-state index contributed by atoms with van der Waals surface area (Å²) in [6.07, 6.45) is 0.940. The van der Waals surface area contributed by atoms with Gasteiger partial charge in [-0.2, -0.15) is 0 Å². The molecule has 0 atom stereocenters. The van der Waals surface area contributed by atoms with Gasteiger partial charge in [0.1, 0.15) is 0 Å². The Morgan fingerprint density at radius 2 is 1.90 bits per heavy atom. The zero-order valence-corrected chi connectivity index (χ0v) is 13.5. The molecular weight excluding hydrogens is 264 g/mol. The first-order valence-corrected chi connectivity index (χ1v) is 7.85. The quantitative estimate of drug-likeness (QED) is 0.875. The third-order valence-electron chi connectivity index (χ3n) is 3.87. The zero-order valence-electron chi connectivity index (χ0n) is 13.5. The summed E-state index contributed by atoms with van der Waals surface area (Å²) in [4.78, 5) is 2.42. The Hall–Kier alpha value is -1.26. The van der Waals surface area contributed by atoms with Gasteiger partial charge >= 0.3 is 0 Å². The van der Waals surface area contributed by atoms with Crippen LogP contribution in [0.4, 0.5) is 0 Å². The van der Waals surface area contributed by atoms with Gasteiger partial charge in [-0.05, 0) is 36.2 Å². The van der Waals surface area contributed by atoms with Crippen LogP contribution in [0.2, 0.25) is 0 Å². The van der Waals surface area contributed by atoms with E-state index in [0.29, 0.717) is 6.54 Å². The number of nitrogens with zero attached hydrogens (tertiary/aromatic N) is 1. The second-order valence-electron chi connectivity index (χ2n) is 6.50. The molecule has 0 saturated carbocycles. The Morgan fingerprint density at radius 1 is 1.19 bits per heavy atom. The SMILES string of the molecule is CCN(Cc1ccc2c(c1)OCCCO2)CC(C)(C)CN. The van der Waals surface area contributed by atoms with Gasteiger partial charge in [0.15, 0.2) is 11.5 Å². The normalized spacial score (nSPS) is 15.1. The Labute approximate surface area is 128 Å². The van der Waals surface area contributed by atoms with E-state index in [9.17, 15) is 0 Å². The van der Waals surface area contributed by atoms with E-state index in [1.807, 2.05) is 6.07 Å². The molecule has 0 amide bonds. The summed E-state index contributed by atoms with van der Waals surface area (Å²) in [5.74, 6) is 1.74. The van der Waals surface area contributed by atoms with Gasteiger partial charge in [0.25, 0.3) is 0 Å². The summed E-state index contributed by atoms with van der Waals surface area (Å²) in [6.45, 7) is 11.7. The number of hydrogen-bond donors (Lipinski definition) is 1. The van der Waals surface area contributed by atoms with Crippen LogP contribution in [0.5, 0.6) is 11.5 Å². The number of nitrogens with two attached hydrogens (primary N) is 1. The molecule has 0 saturated heterocycles. The molecule has 0 fully saturated rings. The first-order valence-electron chi connectivity index (χ1n) is 7.85. The van der Waals surface area contributed by atoms with E-state index in [4.69, 9.17) is 15.2 Å². The minimum absolute atomic E-state index is 0.140. The van der Waals surface area contributed by atoms with Crippen molar-refractivity contribution in [2.24, 2.45) is 11.1 Å². The molecular formula is C17H28N2O2. The van der Waals surface area contributed by atoms with Crippen molar-refractivity contribution in [3.8, 4) is 11.5 Å². The first-order chi connectivity index (χ1) is 10.0. The Balaban J connectivity index is 2.06. The highest BCUT2D eigenvalue weighted by Crippen LogP contribution is 2.31. The smallest absolute Gasteiger partial charge is 0.161 e. The van der Waals surface area contributed by atoms with Gasteiger partial charge in [-0.3, -0.25) is 4.90 Å². The van der Waals surface area contributed by atoms with E-state index in [-0.39, 0.29) is 5.41 Å². The largest absolute Gasteiger partial charge is 0.490 e. The van der Waals surface area contributed by atoms with Crippen molar-refractivity contribution in [2.45, 2.75) is 33.7 Å². The summed E-state index contributed by atoms with van der Waals surface area (Å²) in [7, 11) is 0. The second kappa shape index (κ2) is 7.14. The highest BCUT2D eigenvalue weighted by atomic mass is 16.5. The molecule has 0 spiro atoms. The molecule has 0 aliphatic carbocycles. The number of ether oxygens (including phenoxy) is 2.